The minimum atomic E-state index is -0.377. The average Bonchev–Trinajstić information content (AvgIpc) is 3.14. The molecule has 1 heterocycles. The molecule has 140 valence electrons. The van der Waals surface area contributed by atoms with E-state index in [-0.39, 0.29) is 11.7 Å². The fourth-order valence-electron chi connectivity index (χ4n) is 3.04. The molecular formula is C23H19FN2OS. The van der Waals surface area contributed by atoms with Gasteiger partial charge in [0.2, 0.25) is 0 Å². The summed E-state index contributed by atoms with van der Waals surface area (Å²) < 4.78 is 14.9. The van der Waals surface area contributed by atoms with Crippen molar-refractivity contribution in [1.29, 1.82) is 0 Å². The number of rotatable bonds is 4. The van der Waals surface area contributed by atoms with Gasteiger partial charge in [-0.3, -0.25) is 9.69 Å². The van der Waals surface area contributed by atoms with E-state index in [1.807, 2.05) is 68.4 Å². The maximum Gasteiger partial charge on any atom is 0.260 e. The molecule has 0 atom stereocenters. The molecule has 28 heavy (non-hydrogen) atoms. The summed E-state index contributed by atoms with van der Waals surface area (Å²) in [7, 11) is 0. The van der Waals surface area contributed by atoms with Crippen LogP contribution in [0.25, 0.3) is 10.2 Å². The zero-order valence-corrected chi connectivity index (χ0v) is 16.5. The van der Waals surface area contributed by atoms with Crippen molar-refractivity contribution in [3.63, 3.8) is 0 Å². The van der Waals surface area contributed by atoms with Crippen molar-refractivity contribution in [1.82, 2.24) is 4.98 Å². The summed E-state index contributed by atoms with van der Waals surface area (Å²) in [6.45, 7) is 4.37. The van der Waals surface area contributed by atoms with E-state index in [0.29, 0.717) is 22.8 Å². The number of anilines is 1. The van der Waals surface area contributed by atoms with Crippen molar-refractivity contribution in [2.45, 2.75) is 20.4 Å². The predicted octanol–water partition coefficient (Wildman–Crippen LogP) is 5.90. The molecule has 0 radical (unpaired) electrons. The van der Waals surface area contributed by atoms with Crippen LogP contribution >= 0.6 is 11.3 Å². The van der Waals surface area contributed by atoms with Gasteiger partial charge in [-0.2, -0.15) is 0 Å². The Balaban J connectivity index is 1.79. The second kappa shape index (κ2) is 7.52. The summed E-state index contributed by atoms with van der Waals surface area (Å²) in [6, 6.07) is 20.3. The Labute approximate surface area is 167 Å². The summed E-state index contributed by atoms with van der Waals surface area (Å²) in [6.07, 6.45) is 0. The van der Waals surface area contributed by atoms with Gasteiger partial charge in [0.1, 0.15) is 11.3 Å². The third-order valence-corrected chi connectivity index (χ3v) is 5.82. The van der Waals surface area contributed by atoms with E-state index in [0.717, 1.165) is 21.4 Å². The molecule has 0 aliphatic carbocycles. The topological polar surface area (TPSA) is 33.2 Å². The number of nitrogens with zero attached hydrogens (tertiary/aromatic N) is 2. The summed E-state index contributed by atoms with van der Waals surface area (Å²) in [4.78, 5) is 19.4. The van der Waals surface area contributed by atoms with Crippen LogP contribution in [0.3, 0.4) is 0 Å². The first-order valence-corrected chi connectivity index (χ1v) is 9.82. The van der Waals surface area contributed by atoms with Crippen molar-refractivity contribution >= 4 is 32.6 Å². The quantitative estimate of drug-likeness (QED) is 0.435. The van der Waals surface area contributed by atoms with Crippen LogP contribution in [0, 0.1) is 19.7 Å². The van der Waals surface area contributed by atoms with Gasteiger partial charge in [-0.25, -0.2) is 9.37 Å². The number of fused-ring (bicyclic) bond motifs is 1. The van der Waals surface area contributed by atoms with Crippen LogP contribution in [-0.2, 0) is 6.54 Å². The van der Waals surface area contributed by atoms with E-state index in [1.54, 1.807) is 11.0 Å². The van der Waals surface area contributed by atoms with Crippen molar-refractivity contribution in [3.8, 4) is 0 Å². The third-order valence-electron chi connectivity index (χ3n) is 4.77. The number of carbonyl (C=O) groups is 1. The molecule has 4 rings (SSSR count). The standard InChI is InChI=1S/C23H19FN2OS/c1-15-11-12-18(13-16(15)2)22(27)26(14-17-7-4-3-5-8-17)23-25-21-19(24)9-6-10-20(21)28-23/h3-13H,14H2,1-2H3. The zero-order valence-electron chi connectivity index (χ0n) is 15.6. The van der Waals surface area contributed by atoms with Gasteiger partial charge in [0.15, 0.2) is 5.13 Å². The molecule has 0 aliphatic heterocycles. The summed E-state index contributed by atoms with van der Waals surface area (Å²) in [5.74, 6) is -0.523. The molecule has 0 saturated carbocycles. The SMILES string of the molecule is Cc1ccc(C(=O)N(Cc2ccccc2)c2nc3c(F)cccc3s2)cc1C. The van der Waals surface area contributed by atoms with Gasteiger partial charge in [0.25, 0.3) is 5.91 Å². The first-order chi connectivity index (χ1) is 13.5. The smallest absolute Gasteiger partial charge is 0.260 e. The molecule has 0 saturated heterocycles. The normalized spacial score (nSPS) is 11.0. The molecular weight excluding hydrogens is 371 g/mol. The Kier molecular flexibility index (Phi) is 4.92. The van der Waals surface area contributed by atoms with E-state index < -0.39 is 0 Å². The number of para-hydroxylation sites is 1. The third kappa shape index (κ3) is 3.53. The molecule has 0 spiro atoms. The van der Waals surface area contributed by atoms with Gasteiger partial charge in [-0.05, 0) is 54.8 Å². The number of aromatic nitrogens is 1. The molecule has 0 bridgehead atoms. The number of amides is 1. The number of aryl methyl sites for hydroxylation is 2. The Hall–Kier alpha value is -3.05. The van der Waals surface area contributed by atoms with Crippen LogP contribution in [0.15, 0.2) is 66.7 Å². The predicted molar refractivity (Wildman–Crippen MR) is 112 cm³/mol. The monoisotopic (exact) mass is 390 g/mol. The number of hydrogen-bond acceptors (Lipinski definition) is 3. The number of thiazole rings is 1. The molecule has 3 nitrogen and oxygen atoms in total. The zero-order chi connectivity index (χ0) is 19.7. The molecule has 0 fully saturated rings. The van der Waals surface area contributed by atoms with Crippen molar-refractivity contribution in [3.05, 3.63) is 94.8 Å². The maximum absolute atomic E-state index is 14.2. The highest BCUT2D eigenvalue weighted by Crippen LogP contribution is 2.32. The molecule has 1 amide bonds. The maximum atomic E-state index is 14.2. The first-order valence-electron chi connectivity index (χ1n) is 9.01. The minimum absolute atomic E-state index is 0.147. The Morgan fingerprint density at radius 3 is 2.50 bits per heavy atom. The van der Waals surface area contributed by atoms with Gasteiger partial charge in [-0.1, -0.05) is 53.8 Å². The average molecular weight is 390 g/mol. The van der Waals surface area contributed by atoms with Gasteiger partial charge >= 0.3 is 0 Å². The van der Waals surface area contributed by atoms with Gasteiger partial charge in [-0.15, -0.1) is 0 Å². The Morgan fingerprint density at radius 2 is 1.79 bits per heavy atom. The highest BCUT2D eigenvalue weighted by atomic mass is 32.1. The molecule has 4 aromatic rings. The van der Waals surface area contributed by atoms with E-state index in [2.05, 4.69) is 4.98 Å². The fraction of sp³-hybridized carbons (Fsp3) is 0.130. The van der Waals surface area contributed by atoms with Crippen LogP contribution in [-0.4, -0.2) is 10.9 Å². The van der Waals surface area contributed by atoms with Crippen molar-refractivity contribution < 1.29 is 9.18 Å². The van der Waals surface area contributed by atoms with Crippen LogP contribution in [0.5, 0.6) is 0 Å². The van der Waals surface area contributed by atoms with Crippen LogP contribution in [0.1, 0.15) is 27.0 Å². The first kappa shape index (κ1) is 18.3. The fourth-order valence-corrected chi connectivity index (χ4v) is 4.02. The van der Waals surface area contributed by atoms with Gasteiger partial charge < -0.3 is 0 Å². The lowest BCUT2D eigenvalue weighted by atomic mass is 10.1. The van der Waals surface area contributed by atoms with Crippen LogP contribution in [0.2, 0.25) is 0 Å². The van der Waals surface area contributed by atoms with Crippen LogP contribution < -0.4 is 4.90 Å². The minimum Gasteiger partial charge on any atom is -0.279 e. The van der Waals surface area contributed by atoms with Gasteiger partial charge in [0, 0.05) is 5.56 Å². The highest BCUT2D eigenvalue weighted by Gasteiger charge is 2.22. The van der Waals surface area contributed by atoms with E-state index in [4.69, 9.17) is 0 Å². The number of hydrogen-bond donors (Lipinski definition) is 0. The van der Waals surface area contributed by atoms with Crippen molar-refractivity contribution in [2.75, 3.05) is 4.90 Å². The Morgan fingerprint density at radius 1 is 1.00 bits per heavy atom. The van der Waals surface area contributed by atoms with E-state index >= 15 is 0 Å². The van der Waals surface area contributed by atoms with Crippen LogP contribution in [0.4, 0.5) is 9.52 Å². The summed E-state index contributed by atoms with van der Waals surface area (Å²) >= 11 is 1.32. The lowest BCUT2D eigenvalue weighted by Crippen LogP contribution is -2.30. The molecule has 1 aromatic heterocycles. The molecule has 5 heteroatoms. The van der Waals surface area contributed by atoms with E-state index in [1.165, 1.54) is 17.4 Å². The lowest BCUT2D eigenvalue weighted by Gasteiger charge is -2.20. The second-order valence-electron chi connectivity index (χ2n) is 6.76. The Bertz CT molecular complexity index is 1150. The van der Waals surface area contributed by atoms with Crippen molar-refractivity contribution in [2.24, 2.45) is 0 Å². The molecule has 0 unspecified atom stereocenters. The van der Waals surface area contributed by atoms with Gasteiger partial charge in [0.05, 0.1) is 11.2 Å². The largest absolute Gasteiger partial charge is 0.279 e. The summed E-state index contributed by atoms with van der Waals surface area (Å²) in [5, 5.41) is 0.493. The second-order valence-corrected chi connectivity index (χ2v) is 7.77. The lowest BCUT2D eigenvalue weighted by molar-refractivity contribution is 0.0985. The summed E-state index contributed by atoms with van der Waals surface area (Å²) in [5.41, 5.74) is 4.07. The molecule has 0 N–H and O–H groups in total. The highest BCUT2D eigenvalue weighted by molar-refractivity contribution is 7.22. The molecule has 3 aromatic carbocycles. The molecule has 0 aliphatic rings. The number of carbonyl (C=O) groups excluding carboxylic acids is 1. The van der Waals surface area contributed by atoms with E-state index in [9.17, 15) is 9.18 Å². The number of benzene rings is 3. The number of halogens is 1.